The lowest BCUT2D eigenvalue weighted by atomic mass is 10.0. The zero-order chi connectivity index (χ0) is 10.8. The first-order valence-electron chi connectivity index (χ1n) is 5.37. The second-order valence-electron chi connectivity index (χ2n) is 4.22. The number of carbonyl (C=O) groups is 2. The molecule has 3 amide bonds. The number of hydrogen-bond donors (Lipinski definition) is 1. The van der Waals surface area contributed by atoms with Crippen molar-refractivity contribution in [3.63, 3.8) is 0 Å². The van der Waals surface area contributed by atoms with Crippen molar-refractivity contribution in [3.05, 3.63) is 0 Å². The largest absolute Gasteiger partial charge is 0.379 e. The van der Waals surface area contributed by atoms with Gasteiger partial charge < -0.3 is 9.64 Å². The van der Waals surface area contributed by atoms with Crippen LogP contribution in [0.5, 0.6) is 0 Å². The van der Waals surface area contributed by atoms with Crippen LogP contribution in [0.15, 0.2) is 0 Å². The van der Waals surface area contributed by atoms with Crippen LogP contribution in [-0.4, -0.2) is 42.6 Å². The first-order valence-corrected chi connectivity index (χ1v) is 5.37. The predicted octanol–water partition coefficient (Wildman–Crippen LogP) is 0.353. The molecular weight excluding hydrogens is 196 g/mol. The summed E-state index contributed by atoms with van der Waals surface area (Å²) in [5.41, 5.74) is 0. The van der Waals surface area contributed by atoms with Gasteiger partial charge in [-0.2, -0.15) is 0 Å². The van der Waals surface area contributed by atoms with Gasteiger partial charge in [-0.1, -0.05) is 6.92 Å². The average molecular weight is 212 g/mol. The first-order chi connectivity index (χ1) is 7.18. The molecule has 2 aliphatic rings. The summed E-state index contributed by atoms with van der Waals surface area (Å²) in [4.78, 5) is 24.6. The SMILES string of the molecule is CC1CN(C2CCCOC2)C(=O)NC1=O. The van der Waals surface area contributed by atoms with E-state index < -0.39 is 0 Å². The Balaban J connectivity index is 2.01. The molecule has 5 heteroatoms. The van der Waals surface area contributed by atoms with Crippen LogP contribution in [0.3, 0.4) is 0 Å². The predicted molar refractivity (Wildman–Crippen MR) is 53.2 cm³/mol. The first kappa shape index (κ1) is 10.4. The molecule has 2 saturated heterocycles. The summed E-state index contributed by atoms with van der Waals surface area (Å²) >= 11 is 0. The fourth-order valence-electron chi connectivity index (χ4n) is 2.05. The van der Waals surface area contributed by atoms with Crippen LogP contribution in [0.2, 0.25) is 0 Å². The standard InChI is InChI=1S/C10H16N2O3/c1-7-5-12(10(14)11-9(7)13)8-3-2-4-15-6-8/h7-8H,2-6H2,1H3,(H,11,13,14). The van der Waals surface area contributed by atoms with E-state index >= 15 is 0 Å². The highest BCUT2D eigenvalue weighted by Gasteiger charge is 2.34. The van der Waals surface area contributed by atoms with Crippen molar-refractivity contribution >= 4 is 11.9 Å². The highest BCUT2D eigenvalue weighted by molar-refractivity contribution is 5.97. The minimum absolute atomic E-state index is 0.121. The number of hydrogen-bond acceptors (Lipinski definition) is 3. The number of amides is 3. The van der Waals surface area contributed by atoms with Crippen molar-refractivity contribution in [2.45, 2.75) is 25.8 Å². The molecule has 2 fully saturated rings. The highest BCUT2D eigenvalue weighted by atomic mass is 16.5. The Morgan fingerprint density at radius 3 is 2.93 bits per heavy atom. The summed E-state index contributed by atoms with van der Waals surface area (Å²) in [5, 5.41) is 2.37. The van der Waals surface area contributed by atoms with E-state index in [1.165, 1.54) is 0 Å². The van der Waals surface area contributed by atoms with Gasteiger partial charge in [0.25, 0.3) is 0 Å². The van der Waals surface area contributed by atoms with Crippen molar-refractivity contribution in [3.8, 4) is 0 Å². The molecular formula is C10H16N2O3. The lowest BCUT2D eigenvalue weighted by molar-refractivity contribution is -0.126. The normalized spacial score (nSPS) is 32.7. The number of nitrogens with one attached hydrogen (secondary N) is 1. The molecule has 0 bridgehead atoms. The van der Waals surface area contributed by atoms with E-state index in [0.29, 0.717) is 13.2 Å². The smallest absolute Gasteiger partial charge is 0.324 e. The van der Waals surface area contributed by atoms with Crippen LogP contribution in [0.1, 0.15) is 19.8 Å². The van der Waals surface area contributed by atoms with Crippen LogP contribution in [0.4, 0.5) is 4.79 Å². The fraction of sp³-hybridized carbons (Fsp3) is 0.800. The van der Waals surface area contributed by atoms with Crippen molar-refractivity contribution < 1.29 is 14.3 Å². The summed E-state index contributed by atoms with van der Waals surface area (Å²) < 4.78 is 5.34. The quantitative estimate of drug-likeness (QED) is 0.682. The lowest BCUT2D eigenvalue weighted by Crippen LogP contribution is -2.58. The zero-order valence-electron chi connectivity index (χ0n) is 8.86. The molecule has 2 heterocycles. The van der Waals surface area contributed by atoms with Crippen molar-refractivity contribution in [1.29, 1.82) is 0 Å². The third kappa shape index (κ3) is 2.12. The summed E-state index contributed by atoms with van der Waals surface area (Å²) in [6, 6.07) is -0.136. The molecule has 0 aliphatic carbocycles. The van der Waals surface area contributed by atoms with Crippen molar-refractivity contribution in [1.82, 2.24) is 10.2 Å². The fourth-order valence-corrected chi connectivity index (χ4v) is 2.05. The monoisotopic (exact) mass is 212 g/mol. The van der Waals surface area contributed by atoms with E-state index in [-0.39, 0.29) is 23.9 Å². The molecule has 2 atom stereocenters. The average Bonchev–Trinajstić information content (AvgIpc) is 2.25. The second-order valence-corrected chi connectivity index (χ2v) is 4.22. The van der Waals surface area contributed by atoms with Crippen LogP contribution in [-0.2, 0) is 9.53 Å². The lowest BCUT2D eigenvalue weighted by Gasteiger charge is -2.38. The Hall–Kier alpha value is -1.10. The third-order valence-electron chi connectivity index (χ3n) is 2.99. The van der Waals surface area contributed by atoms with E-state index in [4.69, 9.17) is 4.74 Å². The van der Waals surface area contributed by atoms with Gasteiger partial charge >= 0.3 is 6.03 Å². The van der Waals surface area contributed by atoms with Gasteiger partial charge in [-0.05, 0) is 12.8 Å². The van der Waals surface area contributed by atoms with E-state index in [1.807, 2.05) is 6.92 Å². The third-order valence-corrected chi connectivity index (χ3v) is 2.99. The van der Waals surface area contributed by atoms with Gasteiger partial charge in [-0.3, -0.25) is 10.1 Å². The molecule has 0 aromatic heterocycles. The van der Waals surface area contributed by atoms with Gasteiger partial charge in [0.05, 0.1) is 18.6 Å². The second kappa shape index (κ2) is 4.18. The Morgan fingerprint density at radius 1 is 1.47 bits per heavy atom. The Morgan fingerprint density at radius 2 is 2.27 bits per heavy atom. The van der Waals surface area contributed by atoms with Crippen LogP contribution < -0.4 is 5.32 Å². The summed E-state index contributed by atoms with van der Waals surface area (Å²) in [5.74, 6) is -0.294. The maximum absolute atomic E-state index is 11.6. The molecule has 2 unspecified atom stereocenters. The van der Waals surface area contributed by atoms with E-state index in [2.05, 4.69) is 5.32 Å². The minimum Gasteiger partial charge on any atom is -0.379 e. The maximum Gasteiger partial charge on any atom is 0.324 e. The van der Waals surface area contributed by atoms with Crippen LogP contribution in [0.25, 0.3) is 0 Å². The molecule has 2 rings (SSSR count). The molecule has 0 spiro atoms. The van der Waals surface area contributed by atoms with Gasteiger partial charge in [-0.15, -0.1) is 0 Å². The van der Waals surface area contributed by atoms with Gasteiger partial charge in [0.1, 0.15) is 0 Å². The van der Waals surface area contributed by atoms with Crippen LogP contribution in [0, 0.1) is 5.92 Å². The summed E-state index contributed by atoms with van der Waals surface area (Å²) in [6.07, 6.45) is 1.95. The maximum atomic E-state index is 11.6. The summed E-state index contributed by atoms with van der Waals surface area (Å²) in [7, 11) is 0. The molecule has 0 radical (unpaired) electrons. The number of carbonyl (C=O) groups excluding carboxylic acids is 2. The molecule has 0 aromatic carbocycles. The number of imide groups is 1. The molecule has 5 nitrogen and oxygen atoms in total. The molecule has 15 heavy (non-hydrogen) atoms. The Labute approximate surface area is 88.8 Å². The van der Waals surface area contributed by atoms with Gasteiger partial charge in [0.15, 0.2) is 0 Å². The van der Waals surface area contributed by atoms with Crippen molar-refractivity contribution in [2.75, 3.05) is 19.8 Å². The minimum atomic E-state index is -0.270. The summed E-state index contributed by atoms with van der Waals surface area (Å²) in [6.45, 7) is 3.71. The van der Waals surface area contributed by atoms with E-state index in [9.17, 15) is 9.59 Å². The molecule has 84 valence electrons. The number of nitrogens with zero attached hydrogens (tertiary/aromatic N) is 1. The Bertz CT molecular complexity index is 274. The van der Waals surface area contributed by atoms with Crippen LogP contribution >= 0.6 is 0 Å². The zero-order valence-corrected chi connectivity index (χ0v) is 8.86. The van der Waals surface area contributed by atoms with Crippen molar-refractivity contribution in [2.24, 2.45) is 5.92 Å². The highest BCUT2D eigenvalue weighted by Crippen LogP contribution is 2.17. The topological polar surface area (TPSA) is 58.6 Å². The number of rotatable bonds is 1. The van der Waals surface area contributed by atoms with E-state index in [0.717, 1.165) is 19.4 Å². The Kier molecular flexibility index (Phi) is 2.90. The molecule has 0 saturated carbocycles. The number of ether oxygens (including phenoxy) is 1. The molecule has 0 aromatic rings. The molecule has 1 N–H and O–H groups in total. The number of urea groups is 1. The van der Waals surface area contributed by atoms with Gasteiger partial charge in [-0.25, -0.2) is 4.79 Å². The molecule has 2 aliphatic heterocycles. The van der Waals surface area contributed by atoms with E-state index in [1.54, 1.807) is 4.90 Å². The van der Waals surface area contributed by atoms with Gasteiger partial charge in [0.2, 0.25) is 5.91 Å². The van der Waals surface area contributed by atoms with Gasteiger partial charge in [0, 0.05) is 13.2 Å².